The van der Waals surface area contributed by atoms with Gasteiger partial charge in [-0.3, -0.25) is 9.89 Å². The van der Waals surface area contributed by atoms with Crippen LogP contribution in [0.4, 0.5) is 5.69 Å². The number of halogens is 1. The molecule has 0 atom stereocenters. The van der Waals surface area contributed by atoms with E-state index < -0.39 is 0 Å². The van der Waals surface area contributed by atoms with Gasteiger partial charge in [0.25, 0.3) is 5.91 Å². The fourth-order valence-electron chi connectivity index (χ4n) is 2.00. The number of anilines is 1. The van der Waals surface area contributed by atoms with E-state index in [-0.39, 0.29) is 5.91 Å². The van der Waals surface area contributed by atoms with Crippen molar-refractivity contribution in [2.24, 2.45) is 0 Å². The molecule has 124 valence electrons. The van der Waals surface area contributed by atoms with Crippen LogP contribution in [-0.2, 0) is 11.2 Å². The maximum Gasteiger partial charge on any atom is 0.276 e. The number of nitrogens with zero attached hydrogens (tertiary/aromatic N) is 1. The van der Waals surface area contributed by atoms with Crippen LogP contribution in [0.3, 0.4) is 0 Å². The smallest absolute Gasteiger partial charge is 0.276 e. The summed E-state index contributed by atoms with van der Waals surface area (Å²) in [4.78, 5) is 12.2. The molecular formula is C16H20ClN3O3. The summed E-state index contributed by atoms with van der Waals surface area (Å²) >= 11 is 6.14. The standard InChI is InChI=1S/C16H20ClN3O3/c1-3-4-12-10-14(20-19-12)16(21)18-11-5-6-15(13(17)9-11)23-8-7-22-2/h5-6,9-10H,3-4,7-8H2,1-2H3,(H,18,21)(H,19,20). The van der Waals surface area contributed by atoms with Crippen LogP contribution < -0.4 is 10.1 Å². The van der Waals surface area contributed by atoms with E-state index in [0.29, 0.717) is 35.4 Å². The average molecular weight is 338 g/mol. The van der Waals surface area contributed by atoms with Gasteiger partial charge in [-0.2, -0.15) is 5.10 Å². The molecule has 0 radical (unpaired) electrons. The van der Waals surface area contributed by atoms with Gasteiger partial charge in [-0.1, -0.05) is 24.9 Å². The number of benzene rings is 1. The van der Waals surface area contributed by atoms with E-state index in [0.717, 1.165) is 18.5 Å². The van der Waals surface area contributed by atoms with E-state index >= 15 is 0 Å². The van der Waals surface area contributed by atoms with Gasteiger partial charge in [-0.25, -0.2) is 0 Å². The highest BCUT2D eigenvalue weighted by molar-refractivity contribution is 6.32. The predicted molar refractivity (Wildman–Crippen MR) is 89.4 cm³/mol. The van der Waals surface area contributed by atoms with Gasteiger partial charge >= 0.3 is 0 Å². The molecule has 0 fully saturated rings. The molecule has 1 amide bonds. The number of aromatic amines is 1. The number of carbonyl (C=O) groups is 1. The Kier molecular flexibility index (Phi) is 6.43. The highest BCUT2D eigenvalue weighted by Gasteiger charge is 2.12. The van der Waals surface area contributed by atoms with E-state index in [1.54, 1.807) is 31.4 Å². The van der Waals surface area contributed by atoms with Gasteiger partial charge in [0.15, 0.2) is 5.69 Å². The van der Waals surface area contributed by atoms with E-state index in [1.165, 1.54) is 0 Å². The first-order valence-corrected chi connectivity index (χ1v) is 7.78. The number of aromatic nitrogens is 2. The Hall–Kier alpha value is -2.05. The third-order valence-electron chi connectivity index (χ3n) is 3.12. The van der Waals surface area contributed by atoms with Crippen molar-refractivity contribution in [2.75, 3.05) is 25.6 Å². The first kappa shape index (κ1) is 17.3. The third-order valence-corrected chi connectivity index (χ3v) is 3.41. The molecule has 23 heavy (non-hydrogen) atoms. The predicted octanol–water partition coefficient (Wildman–Crippen LogP) is 3.29. The molecule has 1 aromatic heterocycles. The summed E-state index contributed by atoms with van der Waals surface area (Å²) in [5, 5.41) is 10.1. The number of nitrogens with one attached hydrogen (secondary N) is 2. The number of carbonyl (C=O) groups excluding carboxylic acids is 1. The molecule has 0 saturated carbocycles. The van der Waals surface area contributed by atoms with Crippen molar-refractivity contribution in [1.29, 1.82) is 0 Å². The zero-order chi connectivity index (χ0) is 16.7. The summed E-state index contributed by atoms with van der Waals surface area (Å²) in [5.74, 6) is 0.263. The summed E-state index contributed by atoms with van der Waals surface area (Å²) in [6, 6.07) is 6.83. The minimum absolute atomic E-state index is 0.285. The molecule has 1 aromatic carbocycles. The lowest BCUT2D eigenvalue weighted by Gasteiger charge is -2.09. The maximum atomic E-state index is 12.2. The minimum Gasteiger partial charge on any atom is -0.490 e. The molecule has 7 heteroatoms. The third kappa shape index (κ3) is 4.97. The Morgan fingerprint density at radius 2 is 2.17 bits per heavy atom. The Balaban J connectivity index is 1.98. The van der Waals surface area contributed by atoms with Crippen molar-refractivity contribution in [1.82, 2.24) is 10.2 Å². The van der Waals surface area contributed by atoms with Gasteiger partial charge in [-0.05, 0) is 30.7 Å². The fourth-order valence-corrected chi connectivity index (χ4v) is 2.24. The topological polar surface area (TPSA) is 76.2 Å². The molecule has 1 heterocycles. The highest BCUT2D eigenvalue weighted by atomic mass is 35.5. The average Bonchev–Trinajstić information content (AvgIpc) is 2.99. The van der Waals surface area contributed by atoms with Crippen molar-refractivity contribution in [2.45, 2.75) is 19.8 Å². The number of aryl methyl sites for hydroxylation is 1. The number of hydrogen-bond donors (Lipinski definition) is 2. The molecule has 2 rings (SSSR count). The maximum absolute atomic E-state index is 12.2. The summed E-state index contributed by atoms with van der Waals surface area (Å²) < 4.78 is 10.4. The van der Waals surface area contributed by atoms with Crippen molar-refractivity contribution < 1.29 is 14.3 Å². The van der Waals surface area contributed by atoms with Crippen LogP contribution in [0, 0.1) is 0 Å². The summed E-state index contributed by atoms with van der Waals surface area (Å²) in [6.45, 7) is 2.96. The van der Waals surface area contributed by atoms with Crippen LogP contribution >= 0.6 is 11.6 Å². The number of rotatable bonds is 8. The zero-order valence-electron chi connectivity index (χ0n) is 13.2. The van der Waals surface area contributed by atoms with Crippen molar-refractivity contribution in [3.8, 4) is 5.75 Å². The zero-order valence-corrected chi connectivity index (χ0v) is 13.9. The number of amides is 1. The molecule has 6 nitrogen and oxygen atoms in total. The van der Waals surface area contributed by atoms with Crippen LogP contribution in [-0.4, -0.2) is 36.4 Å². The Morgan fingerprint density at radius 1 is 1.35 bits per heavy atom. The Bertz CT molecular complexity index is 658. The van der Waals surface area contributed by atoms with Gasteiger partial charge in [0, 0.05) is 18.5 Å². The SMILES string of the molecule is CCCc1cc(C(=O)Nc2ccc(OCCOC)c(Cl)c2)n[nH]1. The van der Waals surface area contributed by atoms with E-state index in [1.807, 2.05) is 0 Å². The first-order chi connectivity index (χ1) is 11.1. The number of hydrogen-bond acceptors (Lipinski definition) is 4. The molecule has 0 aliphatic carbocycles. The molecule has 2 N–H and O–H groups in total. The van der Waals surface area contributed by atoms with Crippen molar-refractivity contribution in [3.63, 3.8) is 0 Å². The Morgan fingerprint density at radius 3 is 2.87 bits per heavy atom. The van der Waals surface area contributed by atoms with Gasteiger partial charge in [-0.15, -0.1) is 0 Å². The quantitative estimate of drug-likeness (QED) is 0.725. The molecule has 0 spiro atoms. The van der Waals surface area contributed by atoms with Crippen LogP contribution in [0.15, 0.2) is 24.3 Å². The number of ether oxygens (including phenoxy) is 2. The van der Waals surface area contributed by atoms with Gasteiger partial charge in [0.2, 0.25) is 0 Å². The van der Waals surface area contributed by atoms with E-state index in [4.69, 9.17) is 21.1 Å². The second-order valence-corrected chi connectivity index (χ2v) is 5.38. The van der Waals surface area contributed by atoms with Crippen LogP contribution in [0.1, 0.15) is 29.5 Å². The van der Waals surface area contributed by atoms with Crippen LogP contribution in [0.25, 0.3) is 0 Å². The second kappa shape index (κ2) is 8.55. The van der Waals surface area contributed by atoms with Gasteiger partial charge in [0.05, 0.1) is 11.6 Å². The first-order valence-electron chi connectivity index (χ1n) is 7.41. The van der Waals surface area contributed by atoms with Gasteiger partial charge < -0.3 is 14.8 Å². The minimum atomic E-state index is -0.285. The summed E-state index contributed by atoms with van der Waals surface area (Å²) in [5.41, 5.74) is 1.88. The lowest BCUT2D eigenvalue weighted by atomic mass is 10.2. The number of H-pyrrole nitrogens is 1. The normalized spacial score (nSPS) is 10.6. The second-order valence-electron chi connectivity index (χ2n) is 4.97. The lowest BCUT2D eigenvalue weighted by Crippen LogP contribution is -2.12. The molecule has 0 aliphatic rings. The Labute approximate surface area is 140 Å². The van der Waals surface area contributed by atoms with Crippen LogP contribution in [0.2, 0.25) is 5.02 Å². The summed E-state index contributed by atoms with van der Waals surface area (Å²) in [7, 11) is 1.60. The monoisotopic (exact) mass is 337 g/mol. The van der Waals surface area contributed by atoms with Gasteiger partial charge in [0.1, 0.15) is 12.4 Å². The lowest BCUT2D eigenvalue weighted by molar-refractivity contribution is 0.102. The molecular weight excluding hydrogens is 318 g/mol. The van der Waals surface area contributed by atoms with Crippen LogP contribution in [0.5, 0.6) is 5.75 Å². The molecule has 0 bridgehead atoms. The molecule has 0 aliphatic heterocycles. The molecule has 0 saturated heterocycles. The summed E-state index contributed by atoms with van der Waals surface area (Å²) in [6.07, 6.45) is 1.85. The highest BCUT2D eigenvalue weighted by Crippen LogP contribution is 2.27. The number of methoxy groups -OCH3 is 1. The van der Waals surface area contributed by atoms with Crippen molar-refractivity contribution in [3.05, 3.63) is 40.7 Å². The fraction of sp³-hybridized carbons (Fsp3) is 0.375. The molecule has 2 aromatic rings. The molecule has 0 unspecified atom stereocenters. The largest absolute Gasteiger partial charge is 0.490 e. The van der Waals surface area contributed by atoms with E-state index in [9.17, 15) is 4.79 Å². The van der Waals surface area contributed by atoms with Crippen molar-refractivity contribution >= 4 is 23.2 Å². The van der Waals surface area contributed by atoms with E-state index in [2.05, 4.69) is 22.4 Å².